The summed E-state index contributed by atoms with van der Waals surface area (Å²) in [5, 5.41) is 2.80. The molecule has 0 aliphatic carbocycles. The summed E-state index contributed by atoms with van der Waals surface area (Å²) in [4.78, 5) is 24.0. The van der Waals surface area contributed by atoms with Crippen LogP contribution in [0, 0.1) is 20.8 Å². The van der Waals surface area contributed by atoms with Gasteiger partial charge in [0.15, 0.2) is 6.61 Å². The number of esters is 1. The number of nitrogens with one attached hydrogen (secondary N) is 1. The first kappa shape index (κ1) is 16.8. The van der Waals surface area contributed by atoms with Crippen LogP contribution in [0.4, 0.5) is 0 Å². The van der Waals surface area contributed by atoms with E-state index in [0.717, 1.165) is 11.1 Å². The van der Waals surface area contributed by atoms with Gasteiger partial charge in [-0.3, -0.25) is 4.79 Å². The number of benzene rings is 1. The lowest BCUT2D eigenvalue weighted by molar-refractivity contribution is -0.124. The molecule has 5 heteroatoms. The van der Waals surface area contributed by atoms with Crippen LogP contribution in [0.1, 0.15) is 46.0 Å². The van der Waals surface area contributed by atoms with Crippen molar-refractivity contribution in [1.29, 1.82) is 0 Å². The minimum atomic E-state index is -0.542. The van der Waals surface area contributed by atoms with Gasteiger partial charge in [-0.15, -0.1) is 0 Å². The van der Waals surface area contributed by atoms with Crippen LogP contribution in [-0.2, 0) is 9.53 Å². The Balaban J connectivity index is 1.90. The van der Waals surface area contributed by atoms with Gasteiger partial charge in [0.05, 0.1) is 6.04 Å². The highest BCUT2D eigenvalue weighted by atomic mass is 16.5. The third-order valence-corrected chi connectivity index (χ3v) is 3.78. The zero-order valence-corrected chi connectivity index (χ0v) is 13.8. The molecule has 0 spiro atoms. The maximum atomic E-state index is 12.1. The second-order valence-electron chi connectivity index (χ2n) is 5.49. The molecule has 1 amide bonds. The average Bonchev–Trinajstić information content (AvgIpc) is 2.78. The second kappa shape index (κ2) is 7.13. The van der Waals surface area contributed by atoms with E-state index in [0.29, 0.717) is 17.1 Å². The van der Waals surface area contributed by atoms with E-state index >= 15 is 0 Å². The third kappa shape index (κ3) is 4.00. The van der Waals surface area contributed by atoms with E-state index in [-0.39, 0.29) is 18.6 Å². The molecule has 122 valence electrons. The maximum absolute atomic E-state index is 12.1. The molecule has 2 rings (SSSR count). The summed E-state index contributed by atoms with van der Waals surface area (Å²) in [5.41, 5.74) is 2.13. The van der Waals surface area contributed by atoms with Gasteiger partial charge in [-0.25, -0.2) is 4.79 Å². The molecule has 1 aromatic heterocycles. The zero-order chi connectivity index (χ0) is 17.0. The number of hydrogen-bond donors (Lipinski definition) is 1. The lowest BCUT2D eigenvalue weighted by Gasteiger charge is -2.14. The molecular formula is C18H21NO4. The Bertz CT molecular complexity index is 703. The van der Waals surface area contributed by atoms with Crippen molar-refractivity contribution in [3.63, 3.8) is 0 Å². The van der Waals surface area contributed by atoms with Crippen molar-refractivity contribution in [3.05, 3.63) is 58.5 Å². The molecule has 0 saturated heterocycles. The molecule has 0 aliphatic rings. The predicted molar refractivity (Wildman–Crippen MR) is 86.2 cm³/mol. The number of carbonyl (C=O) groups is 2. The first-order chi connectivity index (χ1) is 10.9. The van der Waals surface area contributed by atoms with E-state index in [2.05, 4.69) is 5.32 Å². The minimum absolute atomic E-state index is 0.151. The van der Waals surface area contributed by atoms with Crippen molar-refractivity contribution < 1.29 is 18.7 Å². The van der Waals surface area contributed by atoms with Gasteiger partial charge in [-0.2, -0.15) is 0 Å². The zero-order valence-electron chi connectivity index (χ0n) is 13.8. The highest BCUT2D eigenvalue weighted by Crippen LogP contribution is 2.21. The Morgan fingerprint density at radius 3 is 2.35 bits per heavy atom. The highest BCUT2D eigenvalue weighted by molar-refractivity contribution is 5.93. The van der Waals surface area contributed by atoms with Crippen LogP contribution in [0.5, 0.6) is 0 Å². The highest BCUT2D eigenvalue weighted by Gasteiger charge is 2.21. The Kier molecular flexibility index (Phi) is 5.21. The minimum Gasteiger partial charge on any atom is -0.465 e. The quantitative estimate of drug-likeness (QED) is 0.860. The average molecular weight is 315 g/mol. The first-order valence-corrected chi connectivity index (χ1v) is 7.48. The third-order valence-electron chi connectivity index (χ3n) is 3.78. The van der Waals surface area contributed by atoms with Crippen molar-refractivity contribution in [2.75, 3.05) is 6.61 Å². The van der Waals surface area contributed by atoms with Crippen molar-refractivity contribution in [1.82, 2.24) is 5.32 Å². The number of ether oxygens (including phenoxy) is 1. The van der Waals surface area contributed by atoms with E-state index in [1.54, 1.807) is 20.8 Å². The smallest absolute Gasteiger partial charge is 0.342 e. The van der Waals surface area contributed by atoms with Gasteiger partial charge in [0.1, 0.15) is 17.1 Å². The van der Waals surface area contributed by atoms with E-state index in [4.69, 9.17) is 9.15 Å². The van der Waals surface area contributed by atoms with Crippen LogP contribution < -0.4 is 5.32 Å². The normalized spacial score (nSPS) is 11.8. The number of furan rings is 1. The molecule has 1 atom stereocenters. The topological polar surface area (TPSA) is 68.5 Å². The Labute approximate surface area is 135 Å². The Hall–Kier alpha value is -2.56. The van der Waals surface area contributed by atoms with E-state index in [1.807, 2.05) is 37.3 Å². The van der Waals surface area contributed by atoms with Gasteiger partial charge < -0.3 is 14.5 Å². The molecule has 0 bridgehead atoms. The Morgan fingerprint density at radius 1 is 1.13 bits per heavy atom. The molecular weight excluding hydrogens is 294 g/mol. The first-order valence-electron chi connectivity index (χ1n) is 7.48. The van der Waals surface area contributed by atoms with E-state index in [9.17, 15) is 9.59 Å². The van der Waals surface area contributed by atoms with Gasteiger partial charge >= 0.3 is 5.97 Å². The summed E-state index contributed by atoms with van der Waals surface area (Å²) in [7, 11) is 0. The van der Waals surface area contributed by atoms with Crippen LogP contribution in [-0.4, -0.2) is 18.5 Å². The molecule has 0 unspecified atom stereocenters. The summed E-state index contributed by atoms with van der Waals surface area (Å²) < 4.78 is 10.5. The summed E-state index contributed by atoms with van der Waals surface area (Å²) in [6, 6.07) is 9.44. The molecule has 23 heavy (non-hydrogen) atoms. The summed E-state index contributed by atoms with van der Waals surface area (Å²) in [5.74, 6) is 0.296. The number of amides is 1. The maximum Gasteiger partial charge on any atom is 0.342 e. The number of carbonyl (C=O) groups excluding carboxylic acids is 2. The Morgan fingerprint density at radius 2 is 1.78 bits per heavy atom. The summed E-state index contributed by atoms with van der Waals surface area (Å²) >= 11 is 0. The molecule has 0 saturated carbocycles. The predicted octanol–water partition coefficient (Wildman–Crippen LogP) is 3.24. The fraction of sp³-hybridized carbons (Fsp3) is 0.333. The molecule has 1 heterocycles. The summed E-state index contributed by atoms with van der Waals surface area (Å²) in [6.45, 7) is 6.84. The standard InChI is InChI=1S/C18H21NO4/c1-11-13(3)23-14(4)17(11)18(21)22-10-16(20)19-12(2)15-8-6-5-7-9-15/h5-9,12H,10H2,1-4H3,(H,19,20)/t12-/m0/s1. The number of hydrogen-bond acceptors (Lipinski definition) is 4. The lowest BCUT2D eigenvalue weighted by atomic mass is 10.1. The molecule has 5 nitrogen and oxygen atoms in total. The van der Waals surface area contributed by atoms with Crippen molar-refractivity contribution >= 4 is 11.9 Å². The van der Waals surface area contributed by atoms with Crippen molar-refractivity contribution in [3.8, 4) is 0 Å². The van der Waals surface area contributed by atoms with Crippen LogP contribution in [0.15, 0.2) is 34.7 Å². The van der Waals surface area contributed by atoms with Gasteiger partial charge in [-0.1, -0.05) is 30.3 Å². The largest absolute Gasteiger partial charge is 0.465 e. The van der Waals surface area contributed by atoms with Crippen LogP contribution >= 0.6 is 0 Å². The van der Waals surface area contributed by atoms with Crippen LogP contribution in [0.25, 0.3) is 0 Å². The molecule has 2 aromatic rings. The fourth-order valence-corrected chi connectivity index (χ4v) is 2.41. The molecule has 0 aliphatic heterocycles. The van der Waals surface area contributed by atoms with Gasteiger partial charge in [0.2, 0.25) is 0 Å². The molecule has 0 radical (unpaired) electrons. The number of aryl methyl sites for hydroxylation is 2. The van der Waals surface area contributed by atoms with E-state index < -0.39 is 5.97 Å². The molecule has 0 fully saturated rings. The molecule has 1 aromatic carbocycles. The van der Waals surface area contributed by atoms with Crippen molar-refractivity contribution in [2.24, 2.45) is 0 Å². The van der Waals surface area contributed by atoms with Crippen LogP contribution in [0.3, 0.4) is 0 Å². The lowest BCUT2D eigenvalue weighted by Crippen LogP contribution is -2.31. The molecule has 1 N–H and O–H groups in total. The fourth-order valence-electron chi connectivity index (χ4n) is 2.41. The monoisotopic (exact) mass is 315 g/mol. The van der Waals surface area contributed by atoms with Gasteiger partial charge in [0.25, 0.3) is 5.91 Å². The van der Waals surface area contributed by atoms with Crippen molar-refractivity contribution in [2.45, 2.75) is 33.7 Å². The second-order valence-corrected chi connectivity index (χ2v) is 5.49. The van der Waals surface area contributed by atoms with Crippen LogP contribution in [0.2, 0.25) is 0 Å². The van der Waals surface area contributed by atoms with Gasteiger partial charge in [0, 0.05) is 5.56 Å². The summed E-state index contributed by atoms with van der Waals surface area (Å²) in [6.07, 6.45) is 0. The van der Waals surface area contributed by atoms with E-state index in [1.165, 1.54) is 0 Å². The SMILES string of the molecule is Cc1oc(C)c(C(=O)OCC(=O)N[C@@H](C)c2ccccc2)c1C. The van der Waals surface area contributed by atoms with Gasteiger partial charge in [-0.05, 0) is 33.3 Å². The number of rotatable bonds is 5.